The molecule has 2 aliphatic rings. The van der Waals surface area contributed by atoms with Gasteiger partial charge in [-0.2, -0.15) is 0 Å². The van der Waals surface area contributed by atoms with E-state index in [1.807, 2.05) is 0 Å². The third-order valence-electron chi connectivity index (χ3n) is 5.01. The second-order valence-corrected chi connectivity index (χ2v) is 6.96. The molecule has 140 valence electrons. The molecule has 2 amide bonds. The second-order valence-electron chi connectivity index (χ2n) is 6.96. The third-order valence-corrected chi connectivity index (χ3v) is 5.01. The molecule has 1 saturated heterocycles. The molecular formula is C19H23FN2O4. The Morgan fingerprint density at radius 2 is 2.04 bits per heavy atom. The number of anilines is 1. The molecule has 1 saturated carbocycles. The van der Waals surface area contributed by atoms with E-state index in [2.05, 4.69) is 5.32 Å². The van der Waals surface area contributed by atoms with E-state index >= 15 is 0 Å². The number of benzene rings is 1. The molecule has 2 atom stereocenters. The quantitative estimate of drug-likeness (QED) is 0.817. The van der Waals surface area contributed by atoms with Gasteiger partial charge in [-0.15, -0.1) is 0 Å². The maximum absolute atomic E-state index is 13.2. The average Bonchev–Trinajstić information content (AvgIpc) is 3.24. The van der Waals surface area contributed by atoms with Gasteiger partial charge in [-0.05, 0) is 38.0 Å². The molecule has 1 N–H and O–H groups in total. The SMILES string of the molecule is C[C@@H](OC(=O)[C@@H]1CC(=O)N(C2CCCC2)C1)C(=O)Nc1cccc(F)c1. The van der Waals surface area contributed by atoms with Crippen LogP contribution in [0.5, 0.6) is 0 Å². The van der Waals surface area contributed by atoms with Crippen LogP contribution in [0.15, 0.2) is 24.3 Å². The van der Waals surface area contributed by atoms with Gasteiger partial charge in [0, 0.05) is 24.7 Å². The van der Waals surface area contributed by atoms with Crippen molar-refractivity contribution in [2.24, 2.45) is 5.92 Å². The van der Waals surface area contributed by atoms with Gasteiger partial charge in [0.2, 0.25) is 5.91 Å². The van der Waals surface area contributed by atoms with E-state index in [-0.39, 0.29) is 18.4 Å². The third kappa shape index (κ3) is 4.20. The van der Waals surface area contributed by atoms with E-state index in [1.165, 1.54) is 25.1 Å². The zero-order chi connectivity index (χ0) is 18.7. The number of carbonyl (C=O) groups excluding carboxylic acids is 3. The van der Waals surface area contributed by atoms with Crippen LogP contribution in [0.1, 0.15) is 39.0 Å². The Labute approximate surface area is 151 Å². The molecule has 0 aromatic heterocycles. The van der Waals surface area contributed by atoms with Crippen molar-refractivity contribution in [3.63, 3.8) is 0 Å². The molecule has 7 heteroatoms. The van der Waals surface area contributed by atoms with Gasteiger partial charge in [-0.25, -0.2) is 4.39 Å². The van der Waals surface area contributed by atoms with Crippen molar-refractivity contribution in [2.75, 3.05) is 11.9 Å². The number of nitrogens with one attached hydrogen (secondary N) is 1. The Bertz CT molecular complexity index is 703. The number of halogens is 1. The van der Waals surface area contributed by atoms with Crippen LogP contribution in [-0.4, -0.2) is 41.4 Å². The van der Waals surface area contributed by atoms with Gasteiger partial charge < -0.3 is 15.0 Å². The molecule has 1 aliphatic carbocycles. The highest BCUT2D eigenvalue weighted by molar-refractivity contribution is 5.95. The molecule has 0 bridgehead atoms. The fourth-order valence-corrected chi connectivity index (χ4v) is 3.59. The van der Waals surface area contributed by atoms with Crippen LogP contribution in [0.3, 0.4) is 0 Å². The molecule has 1 aromatic carbocycles. The van der Waals surface area contributed by atoms with E-state index in [1.54, 1.807) is 11.0 Å². The second kappa shape index (κ2) is 7.85. The minimum absolute atomic E-state index is 0.0179. The molecule has 2 fully saturated rings. The van der Waals surface area contributed by atoms with E-state index < -0.39 is 29.7 Å². The van der Waals surface area contributed by atoms with Crippen LogP contribution in [0.2, 0.25) is 0 Å². The predicted molar refractivity (Wildman–Crippen MR) is 92.7 cm³/mol. The summed E-state index contributed by atoms with van der Waals surface area (Å²) in [5.41, 5.74) is 0.293. The summed E-state index contributed by atoms with van der Waals surface area (Å²) in [4.78, 5) is 38.4. The highest BCUT2D eigenvalue weighted by Crippen LogP contribution is 2.30. The molecular weight excluding hydrogens is 339 g/mol. The topological polar surface area (TPSA) is 75.7 Å². The van der Waals surface area contributed by atoms with E-state index in [9.17, 15) is 18.8 Å². The summed E-state index contributed by atoms with van der Waals surface area (Å²) in [6.07, 6.45) is 3.30. The largest absolute Gasteiger partial charge is 0.452 e. The summed E-state index contributed by atoms with van der Waals surface area (Å²) in [7, 11) is 0. The number of nitrogens with zero attached hydrogens (tertiary/aromatic N) is 1. The molecule has 3 rings (SSSR count). The van der Waals surface area contributed by atoms with Gasteiger partial charge in [-0.3, -0.25) is 14.4 Å². The van der Waals surface area contributed by atoms with E-state index in [0.717, 1.165) is 25.7 Å². The summed E-state index contributed by atoms with van der Waals surface area (Å²) >= 11 is 0. The number of hydrogen-bond donors (Lipinski definition) is 1. The van der Waals surface area contributed by atoms with Gasteiger partial charge in [-0.1, -0.05) is 18.9 Å². The van der Waals surface area contributed by atoms with Crippen molar-refractivity contribution >= 4 is 23.5 Å². The van der Waals surface area contributed by atoms with Gasteiger partial charge >= 0.3 is 5.97 Å². The van der Waals surface area contributed by atoms with Crippen molar-refractivity contribution < 1.29 is 23.5 Å². The van der Waals surface area contributed by atoms with Crippen LogP contribution in [0.4, 0.5) is 10.1 Å². The Morgan fingerprint density at radius 3 is 2.73 bits per heavy atom. The predicted octanol–water partition coefficient (Wildman–Crippen LogP) is 2.49. The number of amides is 2. The maximum atomic E-state index is 13.2. The molecule has 26 heavy (non-hydrogen) atoms. The standard InChI is InChI=1S/C19H23FN2O4/c1-12(18(24)21-15-6-4-5-14(20)10-15)26-19(25)13-9-17(23)22(11-13)16-7-2-3-8-16/h4-6,10,12-13,16H,2-3,7-9,11H2,1H3,(H,21,24)/t12-,13-/m1/s1. The molecule has 1 aliphatic heterocycles. The highest BCUT2D eigenvalue weighted by Gasteiger charge is 2.40. The van der Waals surface area contributed by atoms with Gasteiger partial charge in [0.25, 0.3) is 5.91 Å². The molecule has 6 nitrogen and oxygen atoms in total. The summed E-state index contributed by atoms with van der Waals surface area (Å²) in [5.74, 6) is -2.10. The fourth-order valence-electron chi connectivity index (χ4n) is 3.59. The van der Waals surface area contributed by atoms with E-state index in [0.29, 0.717) is 12.2 Å². The van der Waals surface area contributed by atoms with Crippen molar-refractivity contribution in [2.45, 2.75) is 51.2 Å². The Kier molecular flexibility index (Phi) is 5.54. The van der Waals surface area contributed by atoms with Crippen molar-refractivity contribution in [1.82, 2.24) is 4.90 Å². The summed E-state index contributed by atoms with van der Waals surface area (Å²) < 4.78 is 18.4. The minimum atomic E-state index is -1.03. The maximum Gasteiger partial charge on any atom is 0.312 e. The Balaban J connectivity index is 1.52. The lowest BCUT2D eigenvalue weighted by atomic mass is 10.1. The van der Waals surface area contributed by atoms with Gasteiger partial charge in [0.15, 0.2) is 6.10 Å². The molecule has 1 aromatic rings. The average molecular weight is 362 g/mol. The Morgan fingerprint density at radius 1 is 1.31 bits per heavy atom. The van der Waals surface area contributed by atoms with Gasteiger partial charge in [0.05, 0.1) is 5.92 Å². The zero-order valence-corrected chi connectivity index (χ0v) is 14.7. The number of rotatable bonds is 5. The minimum Gasteiger partial charge on any atom is -0.452 e. The van der Waals surface area contributed by atoms with Crippen LogP contribution in [-0.2, 0) is 19.1 Å². The number of hydrogen-bond acceptors (Lipinski definition) is 4. The zero-order valence-electron chi connectivity index (χ0n) is 14.7. The first kappa shape index (κ1) is 18.4. The summed E-state index contributed by atoms with van der Waals surface area (Å²) in [6, 6.07) is 5.70. The van der Waals surface area contributed by atoms with Crippen LogP contribution < -0.4 is 5.32 Å². The summed E-state index contributed by atoms with van der Waals surface area (Å²) in [6.45, 7) is 1.82. The lowest BCUT2D eigenvalue weighted by Gasteiger charge is -2.24. The number of likely N-dealkylation sites (tertiary alicyclic amines) is 1. The first-order valence-electron chi connectivity index (χ1n) is 9.00. The molecule has 1 heterocycles. The number of carbonyl (C=O) groups is 3. The highest BCUT2D eigenvalue weighted by atomic mass is 19.1. The van der Waals surface area contributed by atoms with Crippen molar-refractivity contribution in [1.29, 1.82) is 0 Å². The van der Waals surface area contributed by atoms with Crippen LogP contribution >= 0.6 is 0 Å². The van der Waals surface area contributed by atoms with Crippen LogP contribution in [0, 0.1) is 11.7 Å². The number of ether oxygens (including phenoxy) is 1. The fraction of sp³-hybridized carbons (Fsp3) is 0.526. The first-order chi connectivity index (χ1) is 12.4. The monoisotopic (exact) mass is 362 g/mol. The van der Waals surface area contributed by atoms with Crippen molar-refractivity contribution in [3.8, 4) is 0 Å². The normalized spacial score (nSPS) is 21.7. The number of esters is 1. The lowest BCUT2D eigenvalue weighted by Crippen LogP contribution is -2.36. The summed E-state index contributed by atoms with van der Waals surface area (Å²) in [5, 5.41) is 2.51. The van der Waals surface area contributed by atoms with Crippen LogP contribution in [0.25, 0.3) is 0 Å². The molecule has 0 spiro atoms. The van der Waals surface area contributed by atoms with E-state index in [4.69, 9.17) is 4.74 Å². The molecule has 0 unspecified atom stereocenters. The van der Waals surface area contributed by atoms with Gasteiger partial charge in [0.1, 0.15) is 5.82 Å². The smallest absolute Gasteiger partial charge is 0.312 e. The molecule has 0 radical (unpaired) electrons. The lowest BCUT2D eigenvalue weighted by molar-refractivity contribution is -0.157. The Hall–Kier alpha value is -2.44. The first-order valence-corrected chi connectivity index (χ1v) is 9.00. The van der Waals surface area contributed by atoms with Crippen molar-refractivity contribution in [3.05, 3.63) is 30.1 Å².